The van der Waals surface area contributed by atoms with Gasteiger partial charge in [-0.25, -0.2) is 8.42 Å². The lowest BCUT2D eigenvalue weighted by atomic mass is 10.2. The van der Waals surface area contributed by atoms with Crippen LogP contribution < -0.4 is 0 Å². The molecule has 0 radical (unpaired) electrons. The van der Waals surface area contributed by atoms with Crippen LogP contribution in [-0.4, -0.2) is 14.2 Å². The first-order valence-electron chi connectivity index (χ1n) is 5.90. The summed E-state index contributed by atoms with van der Waals surface area (Å²) in [7, 11) is -3.23. The highest BCUT2D eigenvalue weighted by Crippen LogP contribution is 2.09. The number of rotatable bonds is 5. The number of hydrogen-bond acceptors (Lipinski definition) is 2. The Morgan fingerprint density at radius 2 is 1.76 bits per heavy atom. The van der Waals surface area contributed by atoms with Crippen molar-refractivity contribution >= 4 is 9.84 Å². The van der Waals surface area contributed by atoms with Crippen molar-refractivity contribution in [1.29, 1.82) is 0 Å². The summed E-state index contributed by atoms with van der Waals surface area (Å²) in [5.74, 6) is 5.58. The second-order valence-electron chi connectivity index (χ2n) is 3.88. The Kier molecular flexibility index (Phi) is 5.79. The van der Waals surface area contributed by atoms with E-state index in [1.54, 1.807) is 30.3 Å². The third kappa shape index (κ3) is 5.06. The summed E-state index contributed by atoms with van der Waals surface area (Å²) in [6, 6.07) is 8.46. The van der Waals surface area contributed by atoms with Gasteiger partial charge in [0.1, 0.15) is 5.75 Å². The minimum atomic E-state index is -3.23. The molecule has 0 bridgehead atoms. The Morgan fingerprint density at radius 1 is 1.06 bits per heavy atom. The standard InChI is InChI=1S/C14H18O2S/c1-2-3-4-5-6-10-13-17(15,16)14-11-8-7-9-12-14/h7-9,11-12H,2-5,13H2,1H3. The SMILES string of the molecule is CCCCCC#CCS(=O)(=O)c1ccccc1. The van der Waals surface area contributed by atoms with Crippen LogP contribution in [0.4, 0.5) is 0 Å². The molecule has 92 valence electrons. The average Bonchev–Trinajstić information content (AvgIpc) is 2.35. The van der Waals surface area contributed by atoms with Crippen molar-refractivity contribution in [3.05, 3.63) is 30.3 Å². The highest BCUT2D eigenvalue weighted by molar-refractivity contribution is 7.91. The Morgan fingerprint density at radius 3 is 2.41 bits per heavy atom. The minimum Gasteiger partial charge on any atom is -0.223 e. The fourth-order valence-corrected chi connectivity index (χ4v) is 2.44. The Hall–Kier alpha value is -1.27. The molecule has 0 spiro atoms. The Labute approximate surface area is 104 Å². The van der Waals surface area contributed by atoms with E-state index >= 15 is 0 Å². The fourth-order valence-electron chi connectivity index (χ4n) is 1.41. The Bertz CT molecular complexity index is 478. The van der Waals surface area contributed by atoms with E-state index in [0.717, 1.165) is 25.7 Å². The van der Waals surface area contributed by atoms with Crippen molar-refractivity contribution in [3.63, 3.8) is 0 Å². The van der Waals surface area contributed by atoms with Crippen LogP contribution in [0.25, 0.3) is 0 Å². The van der Waals surface area contributed by atoms with E-state index in [9.17, 15) is 8.42 Å². The van der Waals surface area contributed by atoms with Crippen LogP contribution in [0, 0.1) is 11.8 Å². The third-order valence-electron chi connectivity index (χ3n) is 2.39. The summed E-state index contributed by atoms with van der Waals surface area (Å²) in [6.07, 6.45) is 4.15. The van der Waals surface area contributed by atoms with Crippen molar-refractivity contribution in [2.45, 2.75) is 37.5 Å². The number of unbranched alkanes of at least 4 members (excludes halogenated alkanes) is 3. The van der Waals surface area contributed by atoms with Gasteiger partial charge < -0.3 is 0 Å². The van der Waals surface area contributed by atoms with Gasteiger partial charge in [0.2, 0.25) is 0 Å². The molecular formula is C14H18O2S. The van der Waals surface area contributed by atoms with Gasteiger partial charge >= 0.3 is 0 Å². The molecule has 0 saturated carbocycles. The maximum absolute atomic E-state index is 11.8. The molecule has 0 aromatic heterocycles. The third-order valence-corrected chi connectivity index (χ3v) is 3.91. The zero-order chi connectivity index (χ0) is 12.6. The normalized spacial score (nSPS) is 10.6. The summed E-state index contributed by atoms with van der Waals surface area (Å²) < 4.78 is 23.6. The molecule has 0 fully saturated rings. The predicted molar refractivity (Wildman–Crippen MR) is 70.4 cm³/mol. The molecule has 0 atom stereocenters. The van der Waals surface area contributed by atoms with Gasteiger partial charge in [-0.05, 0) is 18.6 Å². The fraction of sp³-hybridized carbons (Fsp3) is 0.429. The number of hydrogen-bond donors (Lipinski definition) is 0. The molecule has 0 aliphatic rings. The van der Waals surface area contributed by atoms with Gasteiger partial charge in [0.25, 0.3) is 0 Å². The second kappa shape index (κ2) is 7.13. The van der Waals surface area contributed by atoms with Gasteiger partial charge in [-0.2, -0.15) is 0 Å². The van der Waals surface area contributed by atoms with E-state index in [4.69, 9.17) is 0 Å². The lowest BCUT2D eigenvalue weighted by Gasteiger charge is -1.98. The molecule has 17 heavy (non-hydrogen) atoms. The van der Waals surface area contributed by atoms with E-state index in [1.165, 1.54) is 0 Å². The number of sulfone groups is 1. The maximum atomic E-state index is 11.8. The van der Waals surface area contributed by atoms with E-state index < -0.39 is 9.84 Å². The summed E-state index contributed by atoms with van der Waals surface area (Å²) in [4.78, 5) is 0.350. The number of benzene rings is 1. The lowest BCUT2D eigenvalue weighted by Crippen LogP contribution is -2.04. The van der Waals surface area contributed by atoms with E-state index in [2.05, 4.69) is 18.8 Å². The van der Waals surface area contributed by atoms with Gasteiger partial charge in [0.05, 0.1) is 4.90 Å². The van der Waals surface area contributed by atoms with Crippen LogP contribution in [0.1, 0.15) is 32.6 Å². The zero-order valence-electron chi connectivity index (χ0n) is 10.1. The molecule has 1 aromatic rings. The van der Waals surface area contributed by atoms with Gasteiger partial charge in [0, 0.05) is 6.42 Å². The van der Waals surface area contributed by atoms with Crippen molar-refractivity contribution in [3.8, 4) is 11.8 Å². The topological polar surface area (TPSA) is 34.1 Å². The monoisotopic (exact) mass is 250 g/mol. The van der Waals surface area contributed by atoms with Gasteiger partial charge in [-0.3, -0.25) is 0 Å². The molecule has 0 saturated heterocycles. The van der Waals surface area contributed by atoms with Crippen molar-refractivity contribution in [1.82, 2.24) is 0 Å². The van der Waals surface area contributed by atoms with Crippen LogP contribution >= 0.6 is 0 Å². The highest BCUT2D eigenvalue weighted by atomic mass is 32.2. The molecule has 0 aliphatic heterocycles. The van der Waals surface area contributed by atoms with Crippen molar-refractivity contribution in [2.24, 2.45) is 0 Å². The first kappa shape index (κ1) is 13.8. The summed E-state index contributed by atoms with van der Waals surface area (Å²) in [5, 5.41) is 0. The summed E-state index contributed by atoms with van der Waals surface area (Å²) in [6.45, 7) is 2.13. The smallest absolute Gasteiger partial charge is 0.189 e. The molecule has 0 N–H and O–H groups in total. The van der Waals surface area contributed by atoms with Gasteiger partial charge in [-0.1, -0.05) is 43.9 Å². The average molecular weight is 250 g/mol. The zero-order valence-corrected chi connectivity index (χ0v) is 11.0. The summed E-state index contributed by atoms with van der Waals surface area (Å²) >= 11 is 0. The first-order valence-corrected chi connectivity index (χ1v) is 7.55. The molecule has 3 heteroatoms. The van der Waals surface area contributed by atoms with Crippen molar-refractivity contribution in [2.75, 3.05) is 5.75 Å². The minimum absolute atomic E-state index is 0.0802. The molecule has 2 nitrogen and oxygen atoms in total. The van der Waals surface area contributed by atoms with Gasteiger partial charge in [-0.15, -0.1) is 5.92 Å². The van der Waals surface area contributed by atoms with E-state index in [1.807, 2.05) is 0 Å². The lowest BCUT2D eigenvalue weighted by molar-refractivity contribution is 0.599. The van der Waals surface area contributed by atoms with Crippen LogP contribution in [0.3, 0.4) is 0 Å². The quantitative estimate of drug-likeness (QED) is 0.594. The first-order chi connectivity index (χ1) is 8.17. The second-order valence-corrected chi connectivity index (χ2v) is 5.87. The largest absolute Gasteiger partial charge is 0.223 e. The molecular weight excluding hydrogens is 232 g/mol. The van der Waals surface area contributed by atoms with Crippen LogP contribution in [0.15, 0.2) is 35.2 Å². The molecule has 0 heterocycles. The summed E-state index contributed by atoms with van der Waals surface area (Å²) in [5.41, 5.74) is 0. The molecule has 1 rings (SSSR count). The molecule has 0 amide bonds. The van der Waals surface area contributed by atoms with E-state index in [0.29, 0.717) is 4.90 Å². The van der Waals surface area contributed by atoms with Gasteiger partial charge in [0.15, 0.2) is 9.84 Å². The highest BCUT2D eigenvalue weighted by Gasteiger charge is 2.10. The predicted octanol–water partition coefficient (Wildman–Crippen LogP) is 3.04. The van der Waals surface area contributed by atoms with Crippen LogP contribution in [0.2, 0.25) is 0 Å². The molecule has 0 aliphatic carbocycles. The van der Waals surface area contributed by atoms with Crippen molar-refractivity contribution < 1.29 is 8.42 Å². The van der Waals surface area contributed by atoms with E-state index in [-0.39, 0.29) is 5.75 Å². The molecule has 0 unspecified atom stereocenters. The Balaban J connectivity index is 2.51. The molecule has 1 aromatic carbocycles. The van der Waals surface area contributed by atoms with Crippen LogP contribution in [0.5, 0.6) is 0 Å². The maximum Gasteiger partial charge on any atom is 0.189 e. The van der Waals surface area contributed by atoms with Crippen LogP contribution in [-0.2, 0) is 9.84 Å².